The first-order valence-corrected chi connectivity index (χ1v) is 6.86. The number of nitrogens with zero attached hydrogens (tertiary/aromatic N) is 2. The van der Waals surface area contributed by atoms with Crippen molar-refractivity contribution in [1.29, 1.82) is 0 Å². The fourth-order valence-electron chi connectivity index (χ4n) is 2.32. The van der Waals surface area contributed by atoms with Crippen LogP contribution in [0.5, 0.6) is 11.5 Å². The topological polar surface area (TPSA) is 56.3 Å². The highest BCUT2D eigenvalue weighted by Gasteiger charge is 2.17. The fourth-order valence-corrected chi connectivity index (χ4v) is 2.32. The van der Waals surface area contributed by atoms with Gasteiger partial charge in [0.1, 0.15) is 23.6 Å². The van der Waals surface area contributed by atoms with Crippen LogP contribution >= 0.6 is 0 Å². The summed E-state index contributed by atoms with van der Waals surface area (Å²) in [5.41, 5.74) is 2.92. The largest absolute Gasteiger partial charge is 0.497 e. The zero-order valence-electron chi connectivity index (χ0n) is 13.1. The minimum absolute atomic E-state index is 0.292. The molecule has 1 aromatic carbocycles. The summed E-state index contributed by atoms with van der Waals surface area (Å²) in [5, 5.41) is 3.13. The Bertz CT molecular complexity index is 605. The van der Waals surface area contributed by atoms with Crippen molar-refractivity contribution >= 4 is 5.82 Å². The summed E-state index contributed by atoms with van der Waals surface area (Å²) in [6.07, 6.45) is 1.57. The molecule has 0 fully saturated rings. The van der Waals surface area contributed by atoms with Gasteiger partial charge in [0.15, 0.2) is 0 Å². The van der Waals surface area contributed by atoms with Crippen molar-refractivity contribution in [2.75, 3.05) is 26.6 Å². The lowest BCUT2D eigenvalue weighted by Gasteiger charge is -2.16. The van der Waals surface area contributed by atoms with E-state index in [9.17, 15) is 0 Å². The Balaban J connectivity index is 2.66. The molecule has 0 aliphatic carbocycles. The molecule has 2 aromatic rings. The number of anilines is 1. The lowest BCUT2D eigenvalue weighted by molar-refractivity contribution is 0.394. The lowest BCUT2D eigenvalue weighted by atomic mass is 9.97. The number of hydrogen-bond acceptors (Lipinski definition) is 5. The second-order valence-electron chi connectivity index (χ2n) is 4.99. The molecule has 1 N–H and O–H groups in total. The molecule has 0 saturated heterocycles. The summed E-state index contributed by atoms with van der Waals surface area (Å²) in [6.45, 7) is 4.25. The Labute approximate surface area is 125 Å². The first-order chi connectivity index (χ1) is 10.1. The third-order valence-electron chi connectivity index (χ3n) is 3.32. The van der Waals surface area contributed by atoms with E-state index in [0.717, 1.165) is 34.1 Å². The smallest absolute Gasteiger partial charge is 0.133 e. The van der Waals surface area contributed by atoms with Crippen LogP contribution in [0.25, 0.3) is 11.3 Å². The van der Waals surface area contributed by atoms with Crippen molar-refractivity contribution in [2.24, 2.45) is 0 Å². The van der Waals surface area contributed by atoms with Crippen molar-refractivity contribution in [3.05, 3.63) is 30.1 Å². The van der Waals surface area contributed by atoms with Gasteiger partial charge in [0.25, 0.3) is 0 Å². The van der Waals surface area contributed by atoms with Crippen molar-refractivity contribution in [3.8, 4) is 22.8 Å². The zero-order chi connectivity index (χ0) is 15.4. The summed E-state index contributed by atoms with van der Waals surface area (Å²) >= 11 is 0. The molecule has 0 unspecified atom stereocenters. The minimum atomic E-state index is 0.292. The molecule has 0 saturated carbocycles. The van der Waals surface area contributed by atoms with E-state index in [-0.39, 0.29) is 0 Å². The highest BCUT2D eigenvalue weighted by molar-refractivity contribution is 5.71. The lowest BCUT2D eigenvalue weighted by Crippen LogP contribution is -2.04. The van der Waals surface area contributed by atoms with Crippen LogP contribution in [0.3, 0.4) is 0 Å². The number of rotatable bonds is 5. The second kappa shape index (κ2) is 6.43. The van der Waals surface area contributed by atoms with Gasteiger partial charge >= 0.3 is 0 Å². The molecule has 21 heavy (non-hydrogen) atoms. The minimum Gasteiger partial charge on any atom is -0.497 e. The fraction of sp³-hybridized carbons (Fsp3) is 0.375. The van der Waals surface area contributed by atoms with Crippen molar-refractivity contribution in [2.45, 2.75) is 19.8 Å². The van der Waals surface area contributed by atoms with E-state index in [1.54, 1.807) is 20.5 Å². The Morgan fingerprint density at radius 1 is 1.00 bits per heavy atom. The van der Waals surface area contributed by atoms with Gasteiger partial charge in [-0.3, -0.25) is 0 Å². The zero-order valence-corrected chi connectivity index (χ0v) is 13.1. The molecule has 0 bridgehead atoms. The summed E-state index contributed by atoms with van der Waals surface area (Å²) in [5.74, 6) is 2.62. The molecule has 2 rings (SSSR count). The van der Waals surface area contributed by atoms with Gasteiger partial charge in [0.2, 0.25) is 0 Å². The maximum absolute atomic E-state index is 5.34. The molecule has 0 amide bonds. The molecule has 5 heteroatoms. The Morgan fingerprint density at radius 3 is 2.10 bits per heavy atom. The molecule has 0 spiro atoms. The summed E-state index contributed by atoms with van der Waals surface area (Å²) in [4.78, 5) is 8.77. The molecule has 0 aliphatic rings. The van der Waals surface area contributed by atoms with E-state index in [0.29, 0.717) is 5.92 Å². The number of nitrogens with one attached hydrogen (secondary N) is 1. The summed E-state index contributed by atoms with van der Waals surface area (Å²) in [7, 11) is 5.14. The average molecular weight is 287 g/mol. The van der Waals surface area contributed by atoms with Gasteiger partial charge < -0.3 is 14.8 Å². The van der Waals surface area contributed by atoms with Crippen molar-refractivity contribution < 1.29 is 9.47 Å². The Morgan fingerprint density at radius 2 is 1.62 bits per heavy atom. The van der Waals surface area contributed by atoms with E-state index in [1.807, 2.05) is 25.2 Å². The predicted octanol–water partition coefficient (Wildman–Crippen LogP) is 3.33. The Kier molecular flexibility index (Phi) is 4.62. The number of aromatic nitrogens is 2. The molecule has 0 atom stereocenters. The number of ether oxygens (including phenoxy) is 2. The van der Waals surface area contributed by atoms with E-state index >= 15 is 0 Å². The van der Waals surface area contributed by atoms with Gasteiger partial charge in [-0.2, -0.15) is 0 Å². The van der Waals surface area contributed by atoms with E-state index in [1.165, 1.54) is 0 Å². The van der Waals surface area contributed by atoms with E-state index in [2.05, 4.69) is 29.1 Å². The predicted molar refractivity (Wildman–Crippen MR) is 84.2 cm³/mol. The molecular formula is C16H21N3O2. The van der Waals surface area contributed by atoms with Crippen LogP contribution in [0.1, 0.15) is 25.3 Å². The number of methoxy groups -OCH3 is 2. The molecule has 112 valence electrons. The van der Waals surface area contributed by atoms with Crippen LogP contribution in [0.4, 0.5) is 5.82 Å². The first kappa shape index (κ1) is 15.1. The van der Waals surface area contributed by atoms with E-state index in [4.69, 9.17) is 9.47 Å². The standard InChI is InChI=1S/C16H21N3O2/c1-10(2)14-15(18-9-19-16(14)17-3)11-6-12(20-4)8-13(7-11)21-5/h6-10H,1-5H3,(H,17,18,19). The van der Waals surface area contributed by atoms with Crippen LogP contribution in [0.2, 0.25) is 0 Å². The highest BCUT2D eigenvalue weighted by Crippen LogP contribution is 2.35. The molecule has 0 aliphatic heterocycles. The Hall–Kier alpha value is -2.30. The van der Waals surface area contributed by atoms with Crippen LogP contribution in [0.15, 0.2) is 24.5 Å². The van der Waals surface area contributed by atoms with Crippen LogP contribution in [-0.4, -0.2) is 31.2 Å². The summed E-state index contributed by atoms with van der Waals surface area (Å²) in [6, 6.07) is 5.76. The number of benzene rings is 1. The van der Waals surface area contributed by atoms with Gasteiger partial charge in [0.05, 0.1) is 19.9 Å². The first-order valence-electron chi connectivity index (χ1n) is 6.86. The van der Waals surface area contributed by atoms with Gasteiger partial charge in [-0.25, -0.2) is 9.97 Å². The van der Waals surface area contributed by atoms with Crippen molar-refractivity contribution in [1.82, 2.24) is 9.97 Å². The average Bonchev–Trinajstić information content (AvgIpc) is 2.53. The monoisotopic (exact) mass is 287 g/mol. The third kappa shape index (κ3) is 3.07. The molecular weight excluding hydrogens is 266 g/mol. The molecule has 0 radical (unpaired) electrons. The van der Waals surface area contributed by atoms with Crippen LogP contribution in [0, 0.1) is 0 Å². The molecule has 1 aromatic heterocycles. The van der Waals surface area contributed by atoms with Gasteiger partial charge in [-0.15, -0.1) is 0 Å². The van der Waals surface area contributed by atoms with E-state index < -0.39 is 0 Å². The van der Waals surface area contributed by atoms with Crippen molar-refractivity contribution in [3.63, 3.8) is 0 Å². The number of hydrogen-bond donors (Lipinski definition) is 1. The van der Waals surface area contributed by atoms with Gasteiger partial charge in [-0.05, 0) is 18.1 Å². The normalized spacial score (nSPS) is 10.6. The SMILES string of the molecule is CNc1ncnc(-c2cc(OC)cc(OC)c2)c1C(C)C. The molecule has 5 nitrogen and oxygen atoms in total. The highest BCUT2D eigenvalue weighted by atomic mass is 16.5. The quantitative estimate of drug-likeness (QED) is 0.914. The van der Waals surface area contributed by atoms with Gasteiger partial charge in [0, 0.05) is 24.2 Å². The molecule has 1 heterocycles. The summed E-state index contributed by atoms with van der Waals surface area (Å²) < 4.78 is 10.7. The third-order valence-corrected chi connectivity index (χ3v) is 3.32. The van der Waals surface area contributed by atoms with Crippen LogP contribution < -0.4 is 14.8 Å². The maximum atomic E-state index is 5.34. The van der Waals surface area contributed by atoms with Crippen LogP contribution in [-0.2, 0) is 0 Å². The second-order valence-corrected chi connectivity index (χ2v) is 4.99. The van der Waals surface area contributed by atoms with Gasteiger partial charge in [-0.1, -0.05) is 13.8 Å². The maximum Gasteiger partial charge on any atom is 0.133 e.